The molecule has 0 aliphatic carbocycles. The van der Waals surface area contributed by atoms with Crippen LogP contribution >= 0.6 is 11.6 Å². The molecule has 3 nitrogen and oxygen atoms in total. The lowest BCUT2D eigenvalue weighted by atomic mass is 9.87. The Labute approximate surface area is 109 Å². The summed E-state index contributed by atoms with van der Waals surface area (Å²) in [5, 5.41) is 0.514. The van der Waals surface area contributed by atoms with Crippen LogP contribution in [-0.2, 0) is 6.42 Å². The van der Waals surface area contributed by atoms with Gasteiger partial charge in [0.2, 0.25) is 0 Å². The zero-order valence-corrected chi connectivity index (χ0v) is 12.3. The van der Waals surface area contributed by atoms with Gasteiger partial charge in [0, 0.05) is 25.6 Å². The third-order valence-corrected chi connectivity index (χ3v) is 3.43. The zero-order valence-electron chi connectivity index (χ0n) is 11.6. The molecule has 0 fully saturated rings. The van der Waals surface area contributed by atoms with Gasteiger partial charge in [0.1, 0.15) is 16.8 Å². The molecule has 1 heterocycles. The number of hydrogen-bond donors (Lipinski definition) is 0. The van der Waals surface area contributed by atoms with Gasteiger partial charge in [-0.25, -0.2) is 9.97 Å². The largest absolute Gasteiger partial charge is 0.356 e. The van der Waals surface area contributed by atoms with Crippen LogP contribution in [0.4, 0.5) is 5.82 Å². The summed E-state index contributed by atoms with van der Waals surface area (Å²) in [6.45, 7) is 10.9. The molecule has 0 saturated carbocycles. The minimum absolute atomic E-state index is 0.193. The number of aromatic nitrogens is 2. The van der Waals surface area contributed by atoms with Crippen molar-refractivity contribution in [1.82, 2.24) is 9.97 Å². The van der Waals surface area contributed by atoms with Crippen molar-refractivity contribution < 1.29 is 0 Å². The van der Waals surface area contributed by atoms with E-state index >= 15 is 0 Å². The quantitative estimate of drug-likeness (QED) is 0.774. The summed E-state index contributed by atoms with van der Waals surface area (Å²) < 4.78 is 0. The summed E-state index contributed by atoms with van der Waals surface area (Å²) in [5.74, 6) is 1.68. The number of halogens is 1. The van der Waals surface area contributed by atoms with E-state index in [0.29, 0.717) is 11.2 Å². The van der Waals surface area contributed by atoms with Gasteiger partial charge in [0.15, 0.2) is 0 Å². The maximum Gasteiger partial charge on any atom is 0.134 e. The van der Waals surface area contributed by atoms with Crippen molar-refractivity contribution in [3.8, 4) is 0 Å². The number of anilines is 1. The summed E-state index contributed by atoms with van der Waals surface area (Å²) >= 11 is 6.01. The van der Waals surface area contributed by atoms with Gasteiger partial charge < -0.3 is 4.90 Å². The Bertz CT molecular complexity index is 385. The lowest BCUT2D eigenvalue weighted by Gasteiger charge is -2.36. The highest BCUT2D eigenvalue weighted by molar-refractivity contribution is 6.29. The first-order valence-electron chi connectivity index (χ1n) is 6.02. The van der Waals surface area contributed by atoms with E-state index in [1.165, 1.54) is 0 Å². The molecule has 17 heavy (non-hydrogen) atoms. The van der Waals surface area contributed by atoms with Crippen molar-refractivity contribution in [2.75, 3.05) is 11.9 Å². The van der Waals surface area contributed by atoms with E-state index in [-0.39, 0.29) is 5.41 Å². The van der Waals surface area contributed by atoms with Crippen molar-refractivity contribution in [1.29, 1.82) is 0 Å². The molecule has 1 aromatic heterocycles. The molecule has 0 spiro atoms. The van der Waals surface area contributed by atoms with Crippen molar-refractivity contribution in [2.45, 2.75) is 47.1 Å². The van der Waals surface area contributed by atoms with Crippen molar-refractivity contribution in [3.63, 3.8) is 0 Å². The molecular formula is C13H22ClN3. The Morgan fingerprint density at radius 2 is 1.94 bits per heavy atom. The lowest BCUT2D eigenvalue weighted by Crippen LogP contribution is -2.40. The van der Waals surface area contributed by atoms with Gasteiger partial charge >= 0.3 is 0 Å². The van der Waals surface area contributed by atoms with Crippen LogP contribution in [0.2, 0.25) is 5.15 Å². The summed E-state index contributed by atoms with van der Waals surface area (Å²) in [6.07, 6.45) is 0.797. The molecule has 0 aliphatic rings. The highest BCUT2D eigenvalue weighted by Gasteiger charge is 2.25. The monoisotopic (exact) mass is 255 g/mol. The topological polar surface area (TPSA) is 29.0 Å². The highest BCUT2D eigenvalue weighted by atomic mass is 35.5. The number of rotatable bonds is 3. The number of nitrogens with zero attached hydrogens (tertiary/aromatic N) is 3. The molecule has 1 atom stereocenters. The van der Waals surface area contributed by atoms with Gasteiger partial charge in [0.05, 0.1) is 0 Å². The molecule has 0 aromatic carbocycles. The lowest BCUT2D eigenvalue weighted by molar-refractivity contribution is 0.328. The molecule has 0 N–H and O–H groups in total. The summed E-state index contributed by atoms with van der Waals surface area (Å²) in [5.41, 5.74) is 0.193. The molecule has 0 amide bonds. The normalized spacial score (nSPS) is 13.6. The fourth-order valence-electron chi connectivity index (χ4n) is 1.57. The Morgan fingerprint density at radius 3 is 2.41 bits per heavy atom. The standard InChI is InChI=1S/C13H22ClN3/c1-7-11-15-10(14)8-12(16-11)17(6)9(2)13(3,4)5/h8-9H,7H2,1-6H3. The predicted octanol–water partition coefficient (Wildman–Crippen LogP) is 3.56. The van der Waals surface area contributed by atoms with Crippen LogP contribution in [0.25, 0.3) is 0 Å². The van der Waals surface area contributed by atoms with E-state index in [0.717, 1.165) is 18.1 Å². The van der Waals surface area contributed by atoms with Gasteiger partial charge in [-0.05, 0) is 12.3 Å². The predicted molar refractivity (Wildman–Crippen MR) is 73.7 cm³/mol. The van der Waals surface area contributed by atoms with Crippen LogP contribution in [-0.4, -0.2) is 23.1 Å². The van der Waals surface area contributed by atoms with Gasteiger partial charge in [-0.15, -0.1) is 0 Å². The van der Waals surface area contributed by atoms with Gasteiger partial charge in [-0.2, -0.15) is 0 Å². The maximum absolute atomic E-state index is 6.01. The smallest absolute Gasteiger partial charge is 0.134 e. The Hall–Kier alpha value is -0.830. The molecule has 96 valence electrons. The minimum atomic E-state index is 0.193. The van der Waals surface area contributed by atoms with Crippen LogP contribution < -0.4 is 4.90 Å². The summed E-state index contributed by atoms with van der Waals surface area (Å²) in [6, 6.07) is 2.20. The summed E-state index contributed by atoms with van der Waals surface area (Å²) in [7, 11) is 2.05. The van der Waals surface area contributed by atoms with E-state index in [1.807, 2.05) is 20.0 Å². The Balaban J connectivity index is 3.03. The van der Waals surface area contributed by atoms with Gasteiger partial charge in [-0.1, -0.05) is 39.3 Å². The first-order chi connectivity index (χ1) is 7.75. The fraction of sp³-hybridized carbons (Fsp3) is 0.692. The van der Waals surface area contributed by atoms with E-state index in [1.54, 1.807) is 0 Å². The molecular weight excluding hydrogens is 234 g/mol. The van der Waals surface area contributed by atoms with Crippen LogP contribution in [0.3, 0.4) is 0 Å². The second-order valence-electron chi connectivity index (χ2n) is 5.47. The van der Waals surface area contributed by atoms with Gasteiger partial charge in [0.25, 0.3) is 0 Å². The fourth-order valence-corrected chi connectivity index (χ4v) is 1.76. The van der Waals surface area contributed by atoms with Crippen LogP contribution in [0, 0.1) is 5.41 Å². The summed E-state index contributed by atoms with van der Waals surface area (Å²) in [4.78, 5) is 10.9. The third-order valence-electron chi connectivity index (χ3n) is 3.24. The molecule has 0 radical (unpaired) electrons. The minimum Gasteiger partial charge on any atom is -0.356 e. The second kappa shape index (κ2) is 5.21. The Morgan fingerprint density at radius 1 is 1.35 bits per heavy atom. The van der Waals surface area contributed by atoms with E-state index < -0.39 is 0 Å². The molecule has 0 saturated heterocycles. The first kappa shape index (κ1) is 14.2. The molecule has 1 aromatic rings. The van der Waals surface area contributed by atoms with Crippen molar-refractivity contribution in [3.05, 3.63) is 17.0 Å². The van der Waals surface area contributed by atoms with E-state index in [9.17, 15) is 0 Å². The SMILES string of the molecule is CCc1nc(Cl)cc(N(C)C(C)C(C)(C)C)n1. The zero-order chi connectivity index (χ0) is 13.2. The van der Waals surface area contributed by atoms with Crippen LogP contribution in [0.15, 0.2) is 6.07 Å². The average Bonchev–Trinajstić information content (AvgIpc) is 2.24. The number of aryl methyl sites for hydroxylation is 1. The van der Waals surface area contributed by atoms with Crippen LogP contribution in [0.5, 0.6) is 0 Å². The van der Waals surface area contributed by atoms with E-state index in [2.05, 4.69) is 42.6 Å². The molecule has 4 heteroatoms. The number of hydrogen-bond acceptors (Lipinski definition) is 3. The molecule has 1 rings (SSSR count). The molecule has 0 bridgehead atoms. The first-order valence-corrected chi connectivity index (χ1v) is 6.39. The van der Waals surface area contributed by atoms with E-state index in [4.69, 9.17) is 11.6 Å². The van der Waals surface area contributed by atoms with Gasteiger partial charge in [-0.3, -0.25) is 0 Å². The third kappa shape index (κ3) is 3.56. The highest BCUT2D eigenvalue weighted by Crippen LogP contribution is 2.27. The van der Waals surface area contributed by atoms with Crippen molar-refractivity contribution in [2.24, 2.45) is 5.41 Å². The Kier molecular flexibility index (Phi) is 4.36. The van der Waals surface area contributed by atoms with Crippen molar-refractivity contribution >= 4 is 17.4 Å². The van der Waals surface area contributed by atoms with Crippen LogP contribution in [0.1, 0.15) is 40.4 Å². The molecule has 1 unspecified atom stereocenters. The second-order valence-corrected chi connectivity index (χ2v) is 5.86. The average molecular weight is 256 g/mol. The maximum atomic E-state index is 6.01. The molecule has 0 aliphatic heterocycles.